The summed E-state index contributed by atoms with van der Waals surface area (Å²) < 4.78 is 26.5. The van der Waals surface area contributed by atoms with Gasteiger partial charge in [0.2, 0.25) is 0 Å². The van der Waals surface area contributed by atoms with Crippen molar-refractivity contribution in [1.29, 1.82) is 0 Å². The van der Waals surface area contributed by atoms with Crippen molar-refractivity contribution < 1.29 is 32.0 Å². The Morgan fingerprint density at radius 3 is 1.52 bits per heavy atom. The first kappa shape index (κ1) is 22.5. The Morgan fingerprint density at radius 1 is 0.696 bits per heavy atom. The Hall–Kier alpha value is -0.529. The molecule has 0 amide bonds. The van der Waals surface area contributed by atoms with Crippen LogP contribution in [0.15, 0.2) is 0 Å². The first-order chi connectivity index (χ1) is 10.2. The van der Waals surface area contributed by atoms with Crippen LogP contribution in [0.3, 0.4) is 0 Å². The zero-order valence-corrected chi connectivity index (χ0v) is 18.5. The summed E-state index contributed by atoms with van der Waals surface area (Å²) in [6, 6.07) is 0. The lowest BCUT2D eigenvalue weighted by Gasteiger charge is -2.30. The molecular formula is C13H30O7Si3. The Bertz CT molecular complexity index is 399. The van der Waals surface area contributed by atoms with Gasteiger partial charge in [-0.2, -0.15) is 0 Å². The number of carbonyl (C=O) groups excluding carboxylic acids is 2. The molecule has 0 aromatic rings. The average Bonchev–Trinajstić information content (AvgIpc) is 2.22. The smallest absolute Gasteiger partial charge is 0.324 e. The second kappa shape index (κ2) is 9.08. The van der Waals surface area contributed by atoms with Gasteiger partial charge >= 0.3 is 20.5 Å². The Kier molecular flexibility index (Phi) is 8.88. The van der Waals surface area contributed by atoms with E-state index in [9.17, 15) is 9.59 Å². The minimum atomic E-state index is -2.33. The molecule has 0 unspecified atom stereocenters. The van der Waals surface area contributed by atoms with E-state index >= 15 is 0 Å². The fraction of sp³-hybridized carbons (Fsp3) is 0.846. The van der Waals surface area contributed by atoms with Crippen LogP contribution in [-0.2, 0) is 32.0 Å². The summed E-state index contributed by atoms with van der Waals surface area (Å²) in [5.74, 6) is -1.37. The minimum absolute atomic E-state index is 0.137. The first-order valence-corrected chi connectivity index (χ1v) is 17.1. The maximum absolute atomic E-state index is 11.5. The molecule has 0 rings (SSSR count). The van der Waals surface area contributed by atoms with E-state index in [2.05, 4.69) is 19.6 Å². The molecule has 0 aliphatic heterocycles. The number of carbonyl (C=O) groups is 2. The Morgan fingerprint density at radius 2 is 1.13 bits per heavy atom. The molecule has 0 atom stereocenters. The van der Waals surface area contributed by atoms with Crippen LogP contribution in [0.4, 0.5) is 0 Å². The predicted octanol–water partition coefficient (Wildman–Crippen LogP) is 2.80. The molecule has 0 bridgehead atoms. The zero-order valence-electron chi connectivity index (χ0n) is 15.5. The van der Waals surface area contributed by atoms with Gasteiger partial charge in [0.1, 0.15) is 6.42 Å². The molecule has 0 aromatic heterocycles. The summed E-state index contributed by atoms with van der Waals surface area (Å²) in [5.41, 5.74) is 0. The molecule has 10 heteroatoms. The van der Waals surface area contributed by atoms with Crippen LogP contribution in [0.1, 0.15) is 6.42 Å². The lowest BCUT2D eigenvalue weighted by Crippen LogP contribution is -2.45. The van der Waals surface area contributed by atoms with E-state index in [-0.39, 0.29) is 13.6 Å². The maximum Gasteiger partial charge on any atom is 0.324 e. The van der Waals surface area contributed by atoms with Crippen molar-refractivity contribution in [2.75, 3.05) is 13.6 Å². The van der Waals surface area contributed by atoms with Crippen LogP contribution < -0.4 is 0 Å². The van der Waals surface area contributed by atoms with Gasteiger partial charge in [0.25, 0.3) is 0 Å². The molecule has 0 aliphatic rings. The van der Waals surface area contributed by atoms with Crippen molar-refractivity contribution in [3.8, 4) is 0 Å². The highest BCUT2D eigenvalue weighted by molar-refractivity contribution is 6.81. The number of ether oxygens (including phenoxy) is 2. The van der Waals surface area contributed by atoms with Crippen LogP contribution in [0, 0.1) is 0 Å². The molecule has 7 nitrogen and oxygen atoms in total. The minimum Gasteiger partial charge on any atom is -0.439 e. The van der Waals surface area contributed by atoms with Gasteiger partial charge in [-0.3, -0.25) is 9.59 Å². The summed E-state index contributed by atoms with van der Waals surface area (Å²) in [6.45, 7) is 15.5. The lowest BCUT2D eigenvalue weighted by molar-refractivity contribution is -0.162. The van der Waals surface area contributed by atoms with Crippen molar-refractivity contribution in [2.24, 2.45) is 0 Å². The summed E-state index contributed by atoms with van der Waals surface area (Å²) in [4.78, 5) is 23.0. The van der Waals surface area contributed by atoms with Crippen LogP contribution >= 0.6 is 0 Å². The van der Waals surface area contributed by atoms with Gasteiger partial charge in [0.05, 0.1) is 0 Å². The molecule has 0 saturated carbocycles. The molecule has 0 aromatic carbocycles. The molecular weight excluding hydrogens is 352 g/mol. The fourth-order valence-electron chi connectivity index (χ4n) is 1.50. The van der Waals surface area contributed by atoms with Crippen molar-refractivity contribution in [1.82, 2.24) is 0 Å². The number of hydrogen-bond acceptors (Lipinski definition) is 7. The quantitative estimate of drug-likeness (QED) is 0.249. The Balaban J connectivity index is 3.97. The van der Waals surface area contributed by atoms with Gasteiger partial charge in [0.15, 0.2) is 30.2 Å². The topological polar surface area (TPSA) is 80.3 Å². The van der Waals surface area contributed by atoms with Crippen molar-refractivity contribution >= 4 is 37.1 Å². The van der Waals surface area contributed by atoms with E-state index in [4.69, 9.17) is 22.4 Å². The van der Waals surface area contributed by atoms with Crippen LogP contribution in [0.5, 0.6) is 0 Å². The normalized spacial score (nSPS) is 12.9. The lowest BCUT2D eigenvalue weighted by atomic mass is 10.4. The fourth-order valence-corrected chi connectivity index (χ4v) is 8.39. The summed E-state index contributed by atoms with van der Waals surface area (Å²) in [5, 5.41) is 0. The van der Waals surface area contributed by atoms with E-state index in [1.165, 1.54) is 0 Å². The third-order valence-electron chi connectivity index (χ3n) is 2.18. The number of rotatable bonds is 10. The number of esters is 2. The van der Waals surface area contributed by atoms with Gasteiger partial charge in [-0.15, -0.1) is 0 Å². The van der Waals surface area contributed by atoms with Crippen LogP contribution in [0.2, 0.25) is 52.4 Å². The SMILES string of the molecule is C[Si](C)(C)OCOC(=O)CC(=O)OCO[Si](C)(C)O[Si](C)(C)C. The van der Waals surface area contributed by atoms with Crippen LogP contribution in [0.25, 0.3) is 0 Å². The standard InChI is InChI=1S/C13H30O7Si3/c1-21(2,3)18-10-16-12(14)9-13(15)17-11-19-23(7,8)20-22(4,5)6/h9-11H2,1-8H3. The highest BCUT2D eigenvalue weighted by Gasteiger charge is 2.32. The van der Waals surface area contributed by atoms with Gasteiger partial charge in [-0.25, -0.2) is 0 Å². The second-order valence-electron chi connectivity index (χ2n) is 7.46. The average molecular weight is 383 g/mol. The number of hydrogen-bond donors (Lipinski definition) is 0. The molecule has 0 radical (unpaired) electrons. The largest absolute Gasteiger partial charge is 0.439 e. The van der Waals surface area contributed by atoms with Crippen molar-refractivity contribution in [3.05, 3.63) is 0 Å². The summed E-state index contributed by atoms with van der Waals surface area (Å²) in [7, 11) is -5.79. The summed E-state index contributed by atoms with van der Waals surface area (Å²) >= 11 is 0. The molecule has 23 heavy (non-hydrogen) atoms. The first-order valence-electron chi connectivity index (χ1n) is 7.49. The molecule has 0 spiro atoms. The second-order valence-corrected chi connectivity index (χ2v) is 20.1. The summed E-state index contributed by atoms with van der Waals surface area (Å²) in [6.07, 6.45) is -0.463. The third-order valence-corrected chi connectivity index (χ3v) is 8.39. The van der Waals surface area contributed by atoms with Crippen molar-refractivity contribution in [2.45, 2.75) is 58.8 Å². The third kappa shape index (κ3) is 14.8. The van der Waals surface area contributed by atoms with Crippen LogP contribution in [-0.4, -0.2) is 50.7 Å². The van der Waals surface area contributed by atoms with Gasteiger partial charge in [-0.1, -0.05) is 0 Å². The van der Waals surface area contributed by atoms with Gasteiger partial charge < -0.3 is 22.4 Å². The van der Waals surface area contributed by atoms with E-state index in [0.717, 1.165) is 0 Å². The molecule has 0 aliphatic carbocycles. The monoisotopic (exact) mass is 382 g/mol. The predicted molar refractivity (Wildman–Crippen MR) is 94.0 cm³/mol. The van der Waals surface area contributed by atoms with E-state index in [1.807, 2.05) is 32.7 Å². The molecule has 0 N–H and O–H groups in total. The highest BCUT2D eigenvalue weighted by Crippen LogP contribution is 2.15. The van der Waals surface area contributed by atoms with Crippen molar-refractivity contribution in [3.63, 3.8) is 0 Å². The van der Waals surface area contributed by atoms with E-state index in [1.54, 1.807) is 0 Å². The molecule has 0 saturated heterocycles. The van der Waals surface area contributed by atoms with Gasteiger partial charge in [-0.05, 0) is 52.4 Å². The molecule has 0 heterocycles. The highest BCUT2D eigenvalue weighted by atomic mass is 28.4. The van der Waals surface area contributed by atoms with E-state index < -0.39 is 43.6 Å². The maximum atomic E-state index is 11.5. The zero-order chi connectivity index (χ0) is 18.3. The molecule has 0 fully saturated rings. The van der Waals surface area contributed by atoms with Gasteiger partial charge in [0, 0.05) is 0 Å². The van der Waals surface area contributed by atoms with E-state index in [0.29, 0.717) is 0 Å². The molecule has 136 valence electrons. The Labute approximate surface area is 142 Å².